The molecule has 0 radical (unpaired) electrons. The zero-order chi connectivity index (χ0) is 13.7. The maximum atomic E-state index is 11.9. The van der Waals surface area contributed by atoms with Gasteiger partial charge in [0.05, 0.1) is 24.5 Å². The lowest BCUT2D eigenvalue weighted by molar-refractivity contribution is -0.161. The Labute approximate surface area is 104 Å². The largest absolute Gasteiger partial charge is 0.469 e. The molecule has 4 nitrogen and oxygen atoms in total. The van der Waals surface area contributed by atoms with Crippen LogP contribution in [0.15, 0.2) is 0 Å². The first kappa shape index (κ1) is 15.9. The van der Waals surface area contributed by atoms with Crippen LogP contribution in [0.25, 0.3) is 0 Å². The highest BCUT2D eigenvalue weighted by atomic mass is 16.5. The second-order valence-corrected chi connectivity index (χ2v) is 5.19. The zero-order valence-corrected chi connectivity index (χ0v) is 11.8. The van der Waals surface area contributed by atoms with E-state index in [4.69, 9.17) is 9.47 Å². The van der Waals surface area contributed by atoms with Crippen molar-refractivity contribution < 1.29 is 19.1 Å². The fraction of sp³-hybridized carbons (Fsp3) is 0.846. The van der Waals surface area contributed by atoms with Gasteiger partial charge in [0.25, 0.3) is 0 Å². The molecule has 0 fully saturated rings. The number of hydrogen-bond acceptors (Lipinski definition) is 4. The molecule has 0 aliphatic heterocycles. The van der Waals surface area contributed by atoms with Crippen molar-refractivity contribution in [2.45, 2.75) is 47.5 Å². The van der Waals surface area contributed by atoms with Crippen molar-refractivity contribution in [1.29, 1.82) is 0 Å². The first-order valence-corrected chi connectivity index (χ1v) is 5.99. The van der Waals surface area contributed by atoms with Crippen LogP contribution in [0.2, 0.25) is 0 Å². The molecule has 1 unspecified atom stereocenters. The lowest BCUT2D eigenvalue weighted by Crippen LogP contribution is -2.38. The molecule has 0 aliphatic rings. The van der Waals surface area contributed by atoms with Gasteiger partial charge in [0, 0.05) is 0 Å². The topological polar surface area (TPSA) is 52.6 Å². The highest BCUT2D eigenvalue weighted by molar-refractivity contribution is 5.80. The van der Waals surface area contributed by atoms with E-state index >= 15 is 0 Å². The standard InChI is InChI=1S/C13H24O4/c1-7-13(5,11(15)17-8-2)9-12(3,4)10(14)16-6/h7-9H2,1-6H3. The number of ether oxygens (including phenoxy) is 2. The van der Waals surface area contributed by atoms with E-state index in [0.717, 1.165) is 0 Å². The molecule has 0 aliphatic carbocycles. The van der Waals surface area contributed by atoms with Crippen molar-refractivity contribution in [3.8, 4) is 0 Å². The minimum Gasteiger partial charge on any atom is -0.469 e. The molecule has 100 valence electrons. The van der Waals surface area contributed by atoms with Crippen LogP contribution in [0.3, 0.4) is 0 Å². The number of carbonyl (C=O) groups excluding carboxylic acids is 2. The van der Waals surface area contributed by atoms with Crippen LogP contribution in [-0.2, 0) is 19.1 Å². The molecule has 0 bridgehead atoms. The molecule has 0 rings (SSSR count). The number of hydrogen-bond donors (Lipinski definition) is 0. The molecule has 0 aromatic rings. The van der Waals surface area contributed by atoms with E-state index in [1.807, 2.05) is 13.8 Å². The van der Waals surface area contributed by atoms with E-state index in [2.05, 4.69) is 0 Å². The smallest absolute Gasteiger partial charge is 0.311 e. The molecular formula is C13H24O4. The molecule has 1 atom stereocenters. The van der Waals surface area contributed by atoms with E-state index < -0.39 is 10.8 Å². The van der Waals surface area contributed by atoms with Crippen LogP contribution in [0.1, 0.15) is 47.5 Å². The fourth-order valence-electron chi connectivity index (χ4n) is 1.97. The van der Waals surface area contributed by atoms with Gasteiger partial charge in [-0.2, -0.15) is 0 Å². The molecule has 0 saturated heterocycles. The molecule has 0 saturated carbocycles. The summed E-state index contributed by atoms with van der Waals surface area (Å²) in [6, 6.07) is 0. The van der Waals surface area contributed by atoms with E-state index in [9.17, 15) is 9.59 Å². The Morgan fingerprint density at radius 1 is 1.06 bits per heavy atom. The van der Waals surface area contributed by atoms with Gasteiger partial charge in [0.2, 0.25) is 0 Å². The third-order valence-electron chi connectivity index (χ3n) is 3.12. The monoisotopic (exact) mass is 244 g/mol. The molecule has 0 aromatic heterocycles. The Kier molecular flexibility index (Phi) is 5.66. The Hall–Kier alpha value is -1.06. The number of methoxy groups -OCH3 is 1. The summed E-state index contributed by atoms with van der Waals surface area (Å²) in [5, 5.41) is 0. The van der Waals surface area contributed by atoms with Crippen molar-refractivity contribution in [1.82, 2.24) is 0 Å². The Balaban J connectivity index is 4.90. The van der Waals surface area contributed by atoms with Gasteiger partial charge in [-0.05, 0) is 40.5 Å². The van der Waals surface area contributed by atoms with Crippen LogP contribution in [0.4, 0.5) is 0 Å². The summed E-state index contributed by atoms with van der Waals surface area (Å²) in [6.07, 6.45) is 1.05. The van der Waals surface area contributed by atoms with Gasteiger partial charge in [0.15, 0.2) is 0 Å². The molecule has 0 heterocycles. The lowest BCUT2D eigenvalue weighted by Gasteiger charge is -2.33. The summed E-state index contributed by atoms with van der Waals surface area (Å²) < 4.78 is 9.82. The predicted molar refractivity (Wildman–Crippen MR) is 65.4 cm³/mol. The van der Waals surface area contributed by atoms with Gasteiger partial charge in [-0.15, -0.1) is 0 Å². The zero-order valence-electron chi connectivity index (χ0n) is 11.8. The number of carbonyl (C=O) groups is 2. The normalized spacial score (nSPS) is 14.9. The second kappa shape index (κ2) is 6.03. The molecule has 0 aromatic carbocycles. The maximum Gasteiger partial charge on any atom is 0.311 e. The van der Waals surface area contributed by atoms with E-state index in [1.165, 1.54) is 7.11 Å². The lowest BCUT2D eigenvalue weighted by atomic mass is 9.72. The van der Waals surface area contributed by atoms with Crippen molar-refractivity contribution in [2.24, 2.45) is 10.8 Å². The molecule has 4 heteroatoms. The highest BCUT2D eigenvalue weighted by Gasteiger charge is 2.42. The molecule has 0 N–H and O–H groups in total. The SMILES string of the molecule is CCOC(=O)C(C)(CC)CC(C)(C)C(=O)OC. The van der Waals surface area contributed by atoms with Crippen LogP contribution in [0, 0.1) is 10.8 Å². The Morgan fingerprint density at radius 2 is 1.59 bits per heavy atom. The van der Waals surface area contributed by atoms with Gasteiger partial charge in [0.1, 0.15) is 0 Å². The van der Waals surface area contributed by atoms with Crippen LogP contribution >= 0.6 is 0 Å². The first-order valence-electron chi connectivity index (χ1n) is 5.99. The number of esters is 2. The van der Waals surface area contributed by atoms with E-state index in [1.54, 1.807) is 20.8 Å². The fourth-order valence-corrected chi connectivity index (χ4v) is 1.97. The average molecular weight is 244 g/mol. The molecule has 0 amide bonds. The van der Waals surface area contributed by atoms with Gasteiger partial charge >= 0.3 is 11.9 Å². The number of rotatable bonds is 6. The molecule has 0 spiro atoms. The molecule has 17 heavy (non-hydrogen) atoms. The summed E-state index contributed by atoms with van der Waals surface area (Å²) >= 11 is 0. The minimum absolute atomic E-state index is 0.250. The third kappa shape index (κ3) is 4.02. The van der Waals surface area contributed by atoms with Gasteiger partial charge in [-0.1, -0.05) is 6.92 Å². The first-order chi connectivity index (χ1) is 7.73. The quantitative estimate of drug-likeness (QED) is 0.674. The Morgan fingerprint density at radius 3 is 1.94 bits per heavy atom. The van der Waals surface area contributed by atoms with Gasteiger partial charge in [-0.3, -0.25) is 9.59 Å². The highest BCUT2D eigenvalue weighted by Crippen LogP contribution is 2.38. The summed E-state index contributed by atoms with van der Waals surface area (Å²) in [7, 11) is 1.36. The van der Waals surface area contributed by atoms with E-state index in [0.29, 0.717) is 19.4 Å². The van der Waals surface area contributed by atoms with Crippen LogP contribution < -0.4 is 0 Å². The predicted octanol–water partition coefficient (Wildman–Crippen LogP) is 2.56. The van der Waals surface area contributed by atoms with Crippen molar-refractivity contribution in [2.75, 3.05) is 13.7 Å². The maximum absolute atomic E-state index is 11.9. The van der Waals surface area contributed by atoms with Gasteiger partial charge < -0.3 is 9.47 Å². The van der Waals surface area contributed by atoms with Crippen molar-refractivity contribution in [3.63, 3.8) is 0 Å². The van der Waals surface area contributed by atoms with Crippen molar-refractivity contribution in [3.05, 3.63) is 0 Å². The van der Waals surface area contributed by atoms with Crippen molar-refractivity contribution >= 4 is 11.9 Å². The van der Waals surface area contributed by atoms with Crippen LogP contribution in [0.5, 0.6) is 0 Å². The summed E-state index contributed by atoms with van der Waals surface area (Å²) in [6.45, 7) is 9.45. The molecular weight excluding hydrogens is 220 g/mol. The van der Waals surface area contributed by atoms with Gasteiger partial charge in [-0.25, -0.2) is 0 Å². The van der Waals surface area contributed by atoms with Crippen LogP contribution in [-0.4, -0.2) is 25.7 Å². The third-order valence-corrected chi connectivity index (χ3v) is 3.12. The van der Waals surface area contributed by atoms with E-state index in [-0.39, 0.29) is 11.9 Å². The average Bonchev–Trinajstić information content (AvgIpc) is 2.27. The minimum atomic E-state index is -0.688. The Bertz CT molecular complexity index is 283. The second-order valence-electron chi connectivity index (χ2n) is 5.19. The summed E-state index contributed by atoms with van der Waals surface area (Å²) in [5.74, 6) is -0.555. The summed E-state index contributed by atoms with van der Waals surface area (Å²) in [4.78, 5) is 23.5. The summed E-state index contributed by atoms with van der Waals surface area (Å²) in [5.41, 5.74) is -1.33.